The van der Waals surface area contributed by atoms with Gasteiger partial charge < -0.3 is 11.7 Å². The number of nitrogens with one attached hydrogen (secondary N) is 2. The molecule has 0 amide bonds. The van der Waals surface area contributed by atoms with Crippen molar-refractivity contribution in [1.82, 2.24) is 0 Å². The molecule has 0 saturated carbocycles. The minimum Gasteiger partial charge on any atom is -0.322 e. The topological polar surface area (TPSA) is 207 Å². The zero-order chi connectivity index (χ0) is 11.8. The molecule has 0 aromatic carbocycles. The summed E-state index contributed by atoms with van der Waals surface area (Å²) in [6.07, 6.45) is 1.89. The molecule has 12 heteroatoms. The first-order chi connectivity index (χ1) is 6.56. The Labute approximate surface area is 81.4 Å². The van der Waals surface area contributed by atoms with E-state index in [0.29, 0.717) is 0 Å². The second kappa shape index (κ2) is 22.5. The zero-order valence-electron chi connectivity index (χ0n) is 6.81. The van der Waals surface area contributed by atoms with Gasteiger partial charge in [-0.2, -0.15) is 14.4 Å². The molecule has 0 radical (unpaired) electrons. The molecule has 0 aliphatic rings. The lowest BCUT2D eigenvalue weighted by Gasteiger charge is -1.59. The van der Waals surface area contributed by atoms with E-state index < -0.39 is 11.4 Å². The van der Waals surface area contributed by atoms with Gasteiger partial charge in [-0.15, -0.1) is 10.2 Å². The smallest absolute Gasteiger partial charge is 0.299 e. The van der Waals surface area contributed by atoms with Crippen LogP contribution in [0.2, 0.25) is 0 Å². The summed E-state index contributed by atoms with van der Waals surface area (Å²) >= 11 is -2.61. The molecule has 0 bridgehead atoms. The van der Waals surface area contributed by atoms with E-state index in [0.717, 1.165) is 12.7 Å². The van der Waals surface area contributed by atoms with Gasteiger partial charge >= 0.3 is 0 Å². The molecule has 11 nitrogen and oxygen atoms in total. The fraction of sp³-hybridized carbons (Fsp3) is 0. The predicted molar refractivity (Wildman–Crippen MR) is 49.1 cm³/mol. The third-order valence-corrected chi connectivity index (χ3v) is 0.249. The van der Waals surface area contributed by atoms with Gasteiger partial charge in [-0.05, 0) is 0 Å². The maximum absolute atomic E-state index is 8.67. The fourth-order valence-electron chi connectivity index (χ4n) is 0.0667. The molecule has 0 unspecified atom stereocenters. The maximum atomic E-state index is 8.67. The van der Waals surface area contributed by atoms with Crippen LogP contribution in [0, 0.1) is 11.1 Å². The molecule has 8 N–H and O–H groups in total. The summed E-state index contributed by atoms with van der Waals surface area (Å²) in [7, 11) is 0. The third-order valence-electron chi connectivity index (χ3n) is 0.249. The van der Waals surface area contributed by atoms with Crippen molar-refractivity contribution in [1.29, 1.82) is 11.1 Å². The molecule has 0 spiro atoms. The van der Waals surface area contributed by atoms with E-state index in [-0.39, 0.29) is 0 Å². The molecule has 0 aromatic rings. The average molecular weight is 226 g/mol. The molecule has 0 atom stereocenters. The normalized spacial score (nSPS) is 8.79. The zero-order valence-corrected chi connectivity index (χ0v) is 7.63. The van der Waals surface area contributed by atoms with Crippen LogP contribution in [0.4, 0.5) is 0 Å². The monoisotopic (exact) mass is 226 g/mol. The molecular formula is C2H10N8O3S. The van der Waals surface area contributed by atoms with Crippen molar-refractivity contribution in [3.63, 3.8) is 0 Å². The molecular weight excluding hydrogens is 216 g/mol. The van der Waals surface area contributed by atoms with E-state index >= 15 is 0 Å². The van der Waals surface area contributed by atoms with Crippen LogP contribution in [0.25, 0.3) is 0 Å². The Bertz CT molecular complexity index is 183. The molecule has 82 valence electrons. The maximum Gasteiger partial charge on any atom is 0.299 e. The standard InChI is InChI=1S/2CH4N4.H2O3S/c2*2-4-1-5-3;1-4(2)3/h2*1-2H,3H2;(H2,1,2,3). The Morgan fingerprint density at radius 1 is 1.07 bits per heavy atom. The number of nitrogens with two attached hydrogens (primary N) is 2. The summed E-state index contributed by atoms with van der Waals surface area (Å²) < 4.78 is 22.8. The van der Waals surface area contributed by atoms with Crippen molar-refractivity contribution >= 4 is 24.0 Å². The van der Waals surface area contributed by atoms with Gasteiger partial charge in [0.2, 0.25) is 0 Å². The van der Waals surface area contributed by atoms with Gasteiger partial charge in [-0.1, -0.05) is 0 Å². The van der Waals surface area contributed by atoms with Gasteiger partial charge in [-0.25, -0.2) is 11.1 Å². The van der Waals surface area contributed by atoms with Crippen molar-refractivity contribution in [2.75, 3.05) is 0 Å². The average Bonchev–Trinajstić information content (AvgIpc) is 2.07. The van der Waals surface area contributed by atoms with Gasteiger partial charge in [0, 0.05) is 0 Å². The molecule has 0 aliphatic heterocycles. The number of hydrazone groups is 2. The van der Waals surface area contributed by atoms with E-state index in [1.807, 2.05) is 0 Å². The lowest BCUT2D eigenvalue weighted by atomic mass is 11.4. The Hall–Kier alpha value is -1.79. The van der Waals surface area contributed by atoms with Crippen molar-refractivity contribution in [3.05, 3.63) is 0 Å². The minimum absolute atomic E-state index is 0.944. The van der Waals surface area contributed by atoms with Crippen LogP contribution in [0.1, 0.15) is 0 Å². The molecule has 0 saturated heterocycles. The van der Waals surface area contributed by atoms with Crippen LogP contribution < -0.4 is 11.7 Å². The van der Waals surface area contributed by atoms with Crippen LogP contribution in [0.3, 0.4) is 0 Å². The highest BCUT2D eigenvalue weighted by atomic mass is 32.2. The predicted octanol–water partition coefficient (Wildman–Crippen LogP) is -0.480. The first-order valence-electron chi connectivity index (χ1n) is 2.53. The van der Waals surface area contributed by atoms with E-state index in [2.05, 4.69) is 32.1 Å². The highest BCUT2D eigenvalue weighted by Crippen LogP contribution is 1.45. The fourth-order valence-corrected chi connectivity index (χ4v) is 0.0667. The second-order valence-corrected chi connectivity index (χ2v) is 1.48. The van der Waals surface area contributed by atoms with Crippen LogP contribution in [0.5, 0.6) is 0 Å². The minimum atomic E-state index is -2.61. The van der Waals surface area contributed by atoms with E-state index in [1.165, 1.54) is 0 Å². The third kappa shape index (κ3) is 177. The molecule has 0 rings (SSSR count). The van der Waals surface area contributed by atoms with Crippen molar-refractivity contribution < 1.29 is 13.3 Å². The summed E-state index contributed by atoms with van der Waals surface area (Å²) in [6.45, 7) is 0. The number of hydrogen-bond donors (Lipinski definition) is 6. The molecule has 0 heterocycles. The Morgan fingerprint density at radius 3 is 1.29 bits per heavy atom. The quantitative estimate of drug-likeness (QED) is 0.0917. The Kier molecular flexibility index (Phi) is 29.0. The Balaban J connectivity index is -0.000000131. The van der Waals surface area contributed by atoms with Gasteiger partial charge in [0.25, 0.3) is 11.4 Å². The number of rotatable bonds is 2. The Morgan fingerprint density at radius 2 is 1.29 bits per heavy atom. The number of hydrogen-bond acceptors (Lipinski definition) is 7. The van der Waals surface area contributed by atoms with Gasteiger partial charge in [0.15, 0.2) is 12.7 Å². The van der Waals surface area contributed by atoms with Crippen molar-refractivity contribution in [2.45, 2.75) is 0 Å². The van der Waals surface area contributed by atoms with Crippen molar-refractivity contribution in [3.8, 4) is 0 Å². The van der Waals surface area contributed by atoms with Crippen LogP contribution in [-0.4, -0.2) is 26.0 Å². The van der Waals surface area contributed by atoms with Crippen LogP contribution in [0.15, 0.2) is 20.4 Å². The lowest BCUT2D eigenvalue weighted by molar-refractivity contribution is 0.454. The van der Waals surface area contributed by atoms with Gasteiger partial charge in [-0.3, -0.25) is 9.11 Å². The van der Waals surface area contributed by atoms with Gasteiger partial charge in [0.05, 0.1) is 0 Å². The second-order valence-electron chi connectivity index (χ2n) is 1.02. The summed E-state index contributed by atoms with van der Waals surface area (Å²) in [4.78, 5) is 0. The summed E-state index contributed by atoms with van der Waals surface area (Å²) in [5, 5.41) is 11.1. The first-order valence-corrected chi connectivity index (χ1v) is 3.59. The molecule has 0 aliphatic carbocycles. The van der Waals surface area contributed by atoms with E-state index in [1.54, 1.807) is 0 Å². The molecule has 14 heavy (non-hydrogen) atoms. The highest BCUT2D eigenvalue weighted by molar-refractivity contribution is 7.73. The largest absolute Gasteiger partial charge is 0.322 e. The van der Waals surface area contributed by atoms with Crippen LogP contribution >= 0.6 is 0 Å². The van der Waals surface area contributed by atoms with E-state index in [9.17, 15) is 0 Å². The molecule has 0 aromatic heterocycles. The highest BCUT2D eigenvalue weighted by Gasteiger charge is 1.62. The summed E-state index contributed by atoms with van der Waals surface area (Å²) in [6, 6.07) is 0. The first kappa shape index (κ1) is 18.1. The number of nitrogens with zero attached hydrogens (tertiary/aromatic N) is 4. The SMILES string of the molecule is N=NC=NN.N=NC=NN.O=S(O)O. The summed E-state index contributed by atoms with van der Waals surface area (Å²) in [5.74, 6) is 8.99. The van der Waals surface area contributed by atoms with E-state index in [4.69, 9.17) is 24.4 Å². The lowest BCUT2D eigenvalue weighted by Crippen LogP contribution is -1.75. The molecule has 0 fully saturated rings. The summed E-state index contributed by atoms with van der Waals surface area (Å²) in [5.41, 5.74) is 12.0. The van der Waals surface area contributed by atoms with Gasteiger partial charge in [0.1, 0.15) is 0 Å². The van der Waals surface area contributed by atoms with Crippen molar-refractivity contribution in [2.24, 2.45) is 32.1 Å². The van der Waals surface area contributed by atoms with Crippen LogP contribution in [-0.2, 0) is 11.4 Å².